The van der Waals surface area contributed by atoms with Gasteiger partial charge in [-0.15, -0.1) is 0 Å². The molecule has 0 bridgehead atoms. The molecule has 0 aromatic carbocycles. The Bertz CT molecular complexity index is 397. The number of hydrogen-bond donors (Lipinski definition) is 7. The van der Waals surface area contributed by atoms with E-state index >= 15 is 0 Å². The Morgan fingerprint density at radius 2 is 1.44 bits per heavy atom. The van der Waals surface area contributed by atoms with Crippen molar-refractivity contribution in [2.24, 2.45) is 5.92 Å². The van der Waals surface area contributed by atoms with Gasteiger partial charge in [0, 0.05) is 13.2 Å². The average Bonchev–Trinajstić information content (AvgIpc) is 2.62. The van der Waals surface area contributed by atoms with E-state index in [0.29, 0.717) is 12.8 Å². The van der Waals surface area contributed by atoms with Crippen LogP contribution in [0.3, 0.4) is 0 Å². The first-order valence-corrected chi connectivity index (χ1v) is 9.64. The Hall–Kier alpha value is -0.360. The summed E-state index contributed by atoms with van der Waals surface area (Å²) in [6, 6.07) is 0. The first-order valence-electron chi connectivity index (χ1n) is 9.64. The number of aliphatic hydroxyl groups is 7. The maximum Gasteiger partial charge on any atom is 0.186 e. The predicted molar refractivity (Wildman–Crippen MR) is 95.7 cm³/mol. The maximum absolute atomic E-state index is 10.1. The van der Waals surface area contributed by atoms with E-state index in [1.54, 1.807) is 6.92 Å². The minimum Gasteiger partial charge on any atom is -0.396 e. The number of hydrogen-bond acceptors (Lipinski definition) is 9. The fourth-order valence-electron chi connectivity index (χ4n) is 3.25. The third-order valence-electron chi connectivity index (χ3n) is 5.13. The van der Waals surface area contributed by atoms with Gasteiger partial charge in [-0.05, 0) is 44.9 Å². The van der Waals surface area contributed by atoms with E-state index in [1.807, 2.05) is 6.92 Å². The van der Waals surface area contributed by atoms with E-state index in [2.05, 4.69) is 0 Å². The van der Waals surface area contributed by atoms with Gasteiger partial charge in [-0.1, -0.05) is 6.92 Å². The van der Waals surface area contributed by atoms with E-state index in [-0.39, 0.29) is 38.4 Å². The van der Waals surface area contributed by atoms with Crippen LogP contribution in [-0.4, -0.2) is 98.0 Å². The molecule has 0 aromatic rings. The molecule has 1 saturated heterocycles. The van der Waals surface area contributed by atoms with Gasteiger partial charge in [0.05, 0.1) is 24.4 Å². The summed E-state index contributed by atoms with van der Waals surface area (Å²) in [4.78, 5) is 0. The normalized spacial score (nSPS) is 33.4. The Morgan fingerprint density at radius 1 is 0.852 bits per heavy atom. The second kappa shape index (κ2) is 12.3. The lowest BCUT2D eigenvalue weighted by Gasteiger charge is -2.41. The highest BCUT2D eigenvalue weighted by atomic mass is 16.7. The summed E-state index contributed by atoms with van der Waals surface area (Å²) in [5.41, 5.74) is 0. The molecule has 162 valence electrons. The minimum absolute atomic E-state index is 0.100. The largest absolute Gasteiger partial charge is 0.396 e. The molecule has 9 heteroatoms. The lowest BCUT2D eigenvalue weighted by molar-refractivity contribution is -0.308. The Balaban J connectivity index is 2.56. The highest BCUT2D eigenvalue weighted by Gasteiger charge is 2.43. The summed E-state index contributed by atoms with van der Waals surface area (Å²) in [5.74, 6) is -0.100. The molecule has 0 aromatic heterocycles. The van der Waals surface area contributed by atoms with Gasteiger partial charge < -0.3 is 45.2 Å². The lowest BCUT2D eigenvalue weighted by Crippen LogP contribution is -2.58. The molecule has 9 nitrogen and oxygen atoms in total. The summed E-state index contributed by atoms with van der Waals surface area (Å²) in [5, 5.41) is 67.4. The Labute approximate surface area is 160 Å². The van der Waals surface area contributed by atoms with Crippen molar-refractivity contribution in [1.82, 2.24) is 0 Å². The van der Waals surface area contributed by atoms with Crippen molar-refractivity contribution in [1.29, 1.82) is 0 Å². The van der Waals surface area contributed by atoms with Crippen LogP contribution in [0.5, 0.6) is 0 Å². The van der Waals surface area contributed by atoms with Crippen LogP contribution in [0.1, 0.15) is 46.0 Å². The second-order valence-electron chi connectivity index (χ2n) is 7.48. The molecular weight excluding hydrogens is 360 g/mol. The summed E-state index contributed by atoms with van der Waals surface area (Å²) >= 11 is 0. The molecule has 1 aliphatic heterocycles. The number of rotatable bonds is 12. The molecular formula is C18H36O9. The van der Waals surface area contributed by atoms with Gasteiger partial charge in [0.25, 0.3) is 0 Å². The minimum atomic E-state index is -1.41. The zero-order chi connectivity index (χ0) is 20.6. The highest BCUT2D eigenvalue weighted by molar-refractivity contribution is 4.88. The van der Waals surface area contributed by atoms with Crippen LogP contribution in [0.2, 0.25) is 0 Å². The van der Waals surface area contributed by atoms with E-state index in [4.69, 9.17) is 14.6 Å². The molecule has 1 rings (SSSR count). The summed E-state index contributed by atoms with van der Waals surface area (Å²) in [7, 11) is 0. The van der Waals surface area contributed by atoms with E-state index in [0.717, 1.165) is 0 Å². The van der Waals surface area contributed by atoms with Gasteiger partial charge in [-0.25, -0.2) is 0 Å². The topological polar surface area (TPSA) is 160 Å². The molecule has 0 spiro atoms. The first-order chi connectivity index (χ1) is 12.7. The number of aliphatic hydroxyl groups excluding tert-OH is 7. The Morgan fingerprint density at radius 3 is 2.04 bits per heavy atom. The van der Waals surface area contributed by atoms with Crippen LogP contribution >= 0.6 is 0 Å². The molecule has 0 amide bonds. The molecule has 27 heavy (non-hydrogen) atoms. The van der Waals surface area contributed by atoms with Gasteiger partial charge in [0.2, 0.25) is 0 Å². The lowest BCUT2D eigenvalue weighted by atomic mass is 9.93. The maximum atomic E-state index is 10.1. The third-order valence-corrected chi connectivity index (χ3v) is 5.13. The van der Waals surface area contributed by atoms with Gasteiger partial charge >= 0.3 is 0 Å². The van der Waals surface area contributed by atoms with Crippen LogP contribution in [0, 0.1) is 5.92 Å². The molecule has 0 radical (unpaired) electrons. The van der Waals surface area contributed by atoms with Crippen LogP contribution in [0.15, 0.2) is 0 Å². The van der Waals surface area contributed by atoms with E-state index in [9.17, 15) is 30.6 Å². The molecule has 0 saturated carbocycles. The quantitative estimate of drug-likeness (QED) is 0.208. The SMILES string of the molecule is CC(CCC(O)CC(O)CCO)C(CCO)O[C@@H]1O[C@H](C)[C@@H](O)[C@H](O)[C@H]1O. The molecule has 7 N–H and O–H groups in total. The van der Waals surface area contributed by atoms with E-state index in [1.165, 1.54) is 0 Å². The van der Waals surface area contributed by atoms with Crippen LogP contribution in [0.25, 0.3) is 0 Å². The van der Waals surface area contributed by atoms with Crippen molar-refractivity contribution in [3.05, 3.63) is 0 Å². The summed E-state index contributed by atoms with van der Waals surface area (Å²) in [6.45, 7) is 3.16. The van der Waals surface area contributed by atoms with Crippen molar-refractivity contribution in [2.45, 2.75) is 95.0 Å². The standard InChI is InChI=1S/C18H36O9/c1-10(3-4-12(21)9-13(22)5-7-19)14(6-8-20)27-18-17(25)16(24)15(23)11(2)26-18/h10-25H,3-9H2,1-2H3/t10?,11-,12?,13?,14?,15-,16+,17-,18+/m1/s1. The average molecular weight is 396 g/mol. The van der Waals surface area contributed by atoms with Crippen molar-refractivity contribution in [2.75, 3.05) is 13.2 Å². The fraction of sp³-hybridized carbons (Fsp3) is 1.00. The van der Waals surface area contributed by atoms with Crippen LogP contribution in [-0.2, 0) is 9.47 Å². The molecule has 1 heterocycles. The highest BCUT2D eigenvalue weighted by Crippen LogP contribution is 2.27. The fourth-order valence-corrected chi connectivity index (χ4v) is 3.25. The van der Waals surface area contributed by atoms with Crippen LogP contribution in [0.4, 0.5) is 0 Å². The van der Waals surface area contributed by atoms with Crippen molar-refractivity contribution in [3.8, 4) is 0 Å². The molecule has 1 fully saturated rings. The van der Waals surface area contributed by atoms with Crippen molar-refractivity contribution < 1.29 is 45.2 Å². The molecule has 9 atom stereocenters. The second-order valence-corrected chi connectivity index (χ2v) is 7.48. The van der Waals surface area contributed by atoms with Crippen molar-refractivity contribution >= 4 is 0 Å². The predicted octanol–water partition coefficient (Wildman–Crippen LogP) is -1.51. The summed E-state index contributed by atoms with van der Waals surface area (Å²) in [6.07, 6.45) is -6.22. The van der Waals surface area contributed by atoms with Gasteiger partial charge in [0.1, 0.15) is 18.3 Å². The Kier molecular flexibility index (Phi) is 11.2. The monoisotopic (exact) mass is 396 g/mol. The van der Waals surface area contributed by atoms with Gasteiger partial charge in [0.15, 0.2) is 6.29 Å². The molecule has 0 aliphatic carbocycles. The van der Waals surface area contributed by atoms with Gasteiger partial charge in [-0.2, -0.15) is 0 Å². The first kappa shape index (κ1) is 24.7. The zero-order valence-corrected chi connectivity index (χ0v) is 16.1. The third kappa shape index (κ3) is 7.88. The zero-order valence-electron chi connectivity index (χ0n) is 16.1. The molecule has 4 unspecified atom stereocenters. The summed E-state index contributed by atoms with van der Waals surface area (Å²) < 4.78 is 11.2. The smallest absolute Gasteiger partial charge is 0.186 e. The number of ether oxygens (including phenoxy) is 2. The van der Waals surface area contributed by atoms with E-state index < -0.39 is 49.0 Å². The molecule has 1 aliphatic rings. The van der Waals surface area contributed by atoms with Crippen LogP contribution < -0.4 is 0 Å². The van der Waals surface area contributed by atoms with Crippen molar-refractivity contribution in [3.63, 3.8) is 0 Å². The van der Waals surface area contributed by atoms with Gasteiger partial charge in [-0.3, -0.25) is 0 Å².